The summed E-state index contributed by atoms with van der Waals surface area (Å²) in [5, 5.41) is 12.6. The zero-order chi connectivity index (χ0) is 33.1. The molecular weight excluding hydrogens is 605 g/mol. The number of aliphatic hydroxyl groups excluding tert-OH is 1. The van der Waals surface area contributed by atoms with Gasteiger partial charge >= 0.3 is 0 Å². The molecule has 3 aromatic rings. The number of carbonyl (C=O) groups is 1. The van der Waals surface area contributed by atoms with Crippen LogP contribution in [0, 0.1) is 0 Å². The summed E-state index contributed by atoms with van der Waals surface area (Å²) in [5.41, 5.74) is 10.5. The summed E-state index contributed by atoms with van der Waals surface area (Å²) < 4.78 is 13.0. The Bertz CT molecular complexity index is 1320. The molecule has 1 aliphatic rings. The van der Waals surface area contributed by atoms with Crippen molar-refractivity contribution >= 4 is 29.0 Å². The van der Waals surface area contributed by atoms with Gasteiger partial charge in [0.25, 0.3) is 0 Å². The van der Waals surface area contributed by atoms with E-state index in [0.29, 0.717) is 12.8 Å². The first-order chi connectivity index (χ1) is 23.1. The van der Waals surface area contributed by atoms with Gasteiger partial charge in [0.2, 0.25) is 5.91 Å². The second-order valence-corrected chi connectivity index (χ2v) is 13.9. The molecule has 1 heterocycles. The van der Waals surface area contributed by atoms with E-state index >= 15 is 0 Å². The number of hydrogen-bond acceptors (Lipinski definition) is 6. The number of amides is 1. The molecule has 3 atom stereocenters. The summed E-state index contributed by atoms with van der Waals surface area (Å²) in [7, 11) is 0. The Morgan fingerprint density at radius 2 is 1.47 bits per heavy atom. The van der Waals surface area contributed by atoms with Crippen molar-refractivity contribution < 1.29 is 19.4 Å². The summed E-state index contributed by atoms with van der Waals surface area (Å²) in [4.78, 5) is 13.8. The van der Waals surface area contributed by atoms with Crippen LogP contribution in [-0.2, 0) is 20.9 Å². The van der Waals surface area contributed by atoms with Crippen LogP contribution in [0.1, 0.15) is 132 Å². The monoisotopic (exact) mass is 660 g/mol. The molecule has 0 saturated carbocycles. The molecule has 3 aromatic carbocycles. The Morgan fingerprint density at radius 1 is 0.809 bits per heavy atom. The van der Waals surface area contributed by atoms with Crippen LogP contribution in [0.15, 0.2) is 77.7 Å². The lowest BCUT2D eigenvalue weighted by molar-refractivity contribution is -0.245. The van der Waals surface area contributed by atoms with Gasteiger partial charge in [-0.05, 0) is 41.8 Å². The zero-order valence-electron chi connectivity index (χ0n) is 28.3. The van der Waals surface area contributed by atoms with Gasteiger partial charge in [0.05, 0.1) is 18.8 Å². The maximum atomic E-state index is 12.8. The molecule has 0 aromatic heterocycles. The summed E-state index contributed by atoms with van der Waals surface area (Å²) in [6, 6.07) is 23.6. The Hall–Kier alpha value is -2.84. The first kappa shape index (κ1) is 37.0. The fourth-order valence-electron chi connectivity index (χ4n) is 6.11. The van der Waals surface area contributed by atoms with Gasteiger partial charge in [-0.3, -0.25) is 4.79 Å². The Kier molecular flexibility index (Phi) is 16.7. The largest absolute Gasteiger partial charge is 0.398 e. The molecule has 4 rings (SSSR count). The molecule has 0 spiro atoms. The van der Waals surface area contributed by atoms with Gasteiger partial charge in [-0.15, -0.1) is 11.8 Å². The van der Waals surface area contributed by atoms with Crippen molar-refractivity contribution in [2.75, 3.05) is 16.8 Å². The molecule has 4 N–H and O–H groups in total. The summed E-state index contributed by atoms with van der Waals surface area (Å²) in [6.45, 7) is 2.28. The van der Waals surface area contributed by atoms with E-state index in [1.165, 1.54) is 70.6 Å². The lowest BCUT2D eigenvalue weighted by Crippen LogP contribution is -2.31. The summed E-state index contributed by atoms with van der Waals surface area (Å²) in [6.07, 6.45) is 17.2. The van der Waals surface area contributed by atoms with E-state index in [2.05, 4.69) is 12.2 Å². The number of nitrogen functional groups attached to an aromatic ring is 1. The second kappa shape index (κ2) is 21.2. The van der Waals surface area contributed by atoms with E-state index in [9.17, 15) is 9.90 Å². The predicted molar refractivity (Wildman–Crippen MR) is 195 cm³/mol. The molecule has 6 nitrogen and oxygen atoms in total. The van der Waals surface area contributed by atoms with Crippen LogP contribution >= 0.6 is 11.8 Å². The average molecular weight is 661 g/mol. The van der Waals surface area contributed by atoms with Crippen LogP contribution in [0.3, 0.4) is 0 Å². The van der Waals surface area contributed by atoms with Gasteiger partial charge in [-0.1, -0.05) is 133 Å². The second-order valence-electron chi connectivity index (χ2n) is 12.9. The third kappa shape index (κ3) is 13.3. The first-order valence-electron chi connectivity index (χ1n) is 17.9. The highest BCUT2D eigenvalue weighted by Gasteiger charge is 2.32. The number of benzene rings is 3. The predicted octanol–water partition coefficient (Wildman–Crippen LogP) is 10.5. The fraction of sp³-hybridized carbons (Fsp3) is 0.525. The Morgan fingerprint density at radius 3 is 2.13 bits per heavy atom. The number of aliphatic hydroxyl groups is 1. The first-order valence-corrected chi connectivity index (χ1v) is 18.9. The molecular formula is C40H56N2O4S. The third-order valence-electron chi connectivity index (χ3n) is 8.91. The molecule has 3 unspecified atom stereocenters. The minimum atomic E-state index is -0.581. The van der Waals surface area contributed by atoms with Crippen LogP contribution in [0.5, 0.6) is 0 Å². The fourth-order valence-corrected chi connectivity index (χ4v) is 7.10. The highest BCUT2D eigenvalue weighted by atomic mass is 32.2. The molecule has 1 amide bonds. The van der Waals surface area contributed by atoms with E-state index in [4.69, 9.17) is 15.2 Å². The van der Waals surface area contributed by atoms with Crippen LogP contribution in [0.2, 0.25) is 0 Å². The zero-order valence-corrected chi connectivity index (χ0v) is 29.2. The van der Waals surface area contributed by atoms with Crippen molar-refractivity contribution in [2.24, 2.45) is 0 Å². The molecule has 0 bridgehead atoms. The van der Waals surface area contributed by atoms with Gasteiger partial charge in [0, 0.05) is 40.4 Å². The van der Waals surface area contributed by atoms with Crippen molar-refractivity contribution in [1.82, 2.24) is 0 Å². The van der Waals surface area contributed by atoms with Crippen molar-refractivity contribution in [3.63, 3.8) is 0 Å². The number of anilines is 2. The molecule has 0 aliphatic carbocycles. The number of carbonyl (C=O) groups excluding carboxylic acids is 1. The van der Waals surface area contributed by atoms with Crippen LogP contribution in [0.25, 0.3) is 0 Å². The molecule has 0 radical (unpaired) electrons. The van der Waals surface area contributed by atoms with Gasteiger partial charge in [0.1, 0.15) is 0 Å². The smallest absolute Gasteiger partial charge is 0.224 e. The maximum Gasteiger partial charge on any atom is 0.224 e. The number of nitrogens with two attached hydrogens (primary N) is 1. The summed E-state index contributed by atoms with van der Waals surface area (Å²) in [5.74, 6) is 0.779. The number of rotatable bonds is 21. The van der Waals surface area contributed by atoms with Crippen molar-refractivity contribution in [3.8, 4) is 0 Å². The normalized spacial score (nSPS) is 17.9. The molecule has 1 aliphatic heterocycles. The number of unbranched alkanes of at least 4 members (excludes halogenated alkanes) is 12. The van der Waals surface area contributed by atoms with E-state index in [0.717, 1.165) is 51.6 Å². The van der Waals surface area contributed by atoms with E-state index in [1.54, 1.807) is 11.8 Å². The average Bonchev–Trinajstić information content (AvgIpc) is 3.10. The quantitative estimate of drug-likeness (QED) is 0.0598. The molecule has 7 heteroatoms. The van der Waals surface area contributed by atoms with Crippen molar-refractivity contribution in [3.05, 3.63) is 89.5 Å². The van der Waals surface area contributed by atoms with Gasteiger partial charge in [0.15, 0.2) is 6.29 Å². The van der Waals surface area contributed by atoms with E-state index in [1.807, 2.05) is 72.8 Å². The number of nitrogens with one attached hydrogen (secondary N) is 1. The molecule has 1 fully saturated rings. The lowest BCUT2D eigenvalue weighted by atomic mass is 10.0. The molecule has 1 saturated heterocycles. The number of thioether (sulfide) groups is 1. The lowest BCUT2D eigenvalue weighted by Gasteiger charge is -2.36. The van der Waals surface area contributed by atoms with Crippen LogP contribution in [0.4, 0.5) is 11.4 Å². The minimum absolute atomic E-state index is 0.00712. The van der Waals surface area contributed by atoms with Crippen molar-refractivity contribution in [2.45, 2.75) is 133 Å². The minimum Gasteiger partial charge on any atom is -0.398 e. The number of hydrogen-bond donors (Lipinski definition) is 3. The van der Waals surface area contributed by atoms with Crippen LogP contribution in [-0.4, -0.2) is 22.9 Å². The highest BCUT2D eigenvalue weighted by molar-refractivity contribution is 7.99. The van der Waals surface area contributed by atoms with Crippen LogP contribution < -0.4 is 11.1 Å². The van der Waals surface area contributed by atoms with E-state index in [-0.39, 0.29) is 24.7 Å². The topological polar surface area (TPSA) is 93.8 Å². The van der Waals surface area contributed by atoms with E-state index < -0.39 is 6.29 Å². The number of para-hydroxylation sites is 1. The molecule has 256 valence electrons. The SMILES string of the molecule is CCCCCCCCCCCCCCCC(=O)Nc1cccc(C2OC(CSc3ccccc3N)CC(c3ccc(CO)cc3)O2)c1. The maximum absolute atomic E-state index is 12.8. The number of ether oxygens (including phenoxy) is 2. The Balaban J connectivity index is 1.24. The van der Waals surface area contributed by atoms with Crippen molar-refractivity contribution in [1.29, 1.82) is 0 Å². The van der Waals surface area contributed by atoms with Gasteiger partial charge in [-0.2, -0.15) is 0 Å². The third-order valence-corrected chi connectivity index (χ3v) is 10.1. The van der Waals surface area contributed by atoms with Gasteiger partial charge < -0.3 is 25.6 Å². The Labute approximate surface area is 287 Å². The highest BCUT2D eigenvalue weighted by Crippen LogP contribution is 2.40. The van der Waals surface area contributed by atoms with Gasteiger partial charge in [-0.25, -0.2) is 0 Å². The molecule has 47 heavy (non-hydrogen) atoms. The standard InChI is InChI=1S/C40H56N2O4S/c1-2-3-4-5-6-7-8-9-10-11-12-13-14-22-39(44)42-34-19-17-18-33(27-34)40-45-35(30-47-38-21-16-15-20-36(38)41)28-37(46-40)32-25-23-31(29-43)24-26-32/h15-21,23-27,35,37,40,43H,2-14,22,28-30,41H2,1H3,(H,42,44). The summed E-state index contributed by atoms with van der Waals surface area (Å²) >= 11 is 1.69.